The Balaban J connectivity index is 1.83. The number of methoxy groups -OCH3 is 1. The summed E-state index contributed by atoms with van der Waals surface area (Å²) in [6.45, 7) is 0.377. The van der Waals surface area contributed by atoms with Crippen LogP contribution in [0.3, 0.4) is 0 Å². The Hall–Kier alpha value is -1.87. The van der Waals surface area contributed by atoms with Gasteiger partial charge in [0.2, 0.25) is 0 Å². The maximum atomic E-state index is 12.4. The van der Waals surface area contributed by atoms with Crippen LogP contribution in [0.2, 0.25) is 0 Å². The Morgan fingerprint density at radius 1 is 1.23 bits per heavy atom. The van der Waals surface area contributed by atoms with Gasteiger partial charge >= 0.3 is 11.5 Å². The van der Waals surface area contributed by atoms with Gasteiger partial charge in [0.15, 0.2) is 0 Å². The van der Waals surface area contributed by atoms with Crippen molar-refractivity contribution < 1.29 is 22.7 Å². The number of nitrogens with one attached hydrogen (secondary N) is 2. The number of anilines is 1. The number of alkyl halides is 3. The molecule has 0 atom stereocenters. The third kappa shape index (κ3) is 6.80. The van der Waals surface area contributed by atoms with E-state index in [1.807, 2.05) is 18.2 Å². The fourth-order valence-electron chi connectivity index (χ4n) is 2.13. The van der Waals surface area contributed by atoms with Crippen molar-refractivity contribution in [2.24, 2.45) is 0 Å². The second-order valence-corrected chi connectivity index (χ2v) is 7.17. The molecule has 0 aliphatic heterocycles. The molecule has 0 fully saturated rings. The predicted octanol–water partition coefficient (Wildman–Crippen LogP) is 5.43. The largest absolute Gasteiger partial charge is 0.496 e. The van der Waals surface area contributed by atoms with Gasteiger partial charge in [0.25, 0.3) is 0 Å². The summed E-state index contributed by atoms with van der Waals surface area (Å²) in [5.74, 6) is 0.719. The number of carbonyl (C=O) groups is 1. The highest BCUT2D eigenvalue weighted by atomic mass is 79.9. The molecule has 0 aliphatic carbocycles. The van der Waals surface area contributed by atoms with Crippen molar-refractivity contribution in [2.45, 2.75) is 16.8 Å². The summed E-state index contributed by atoms with van der Waals surface area (Å²) in [4.78, 5) is 11.9. The topological polar surface area (TPSA) is 50.4 Å². The molecule has 0 heterocycles. The Morgan fingerprint density at radius 3 is 2.65 bits per heavy atom. The Kier molecular flexibility index (Phi) is 7.22. The Bertz CT molecular complexity index is 772. The molecule has 0 aliphatic rings. The smallest absolute Gasteiger partial charge is 0.446 e. The zero-order valence-corrected chi connectivity index (χ0v) is 16.1. The summed E-state index contributed by atoms with van der Waals surface area (Å²) in [7, 11) is 1.58. The van der Waals surface area contributed by atoms with Crippen molar-refractivity contribution in [3.8, 4) is 5.75 Å². The van der Waals surface area contributed by atoms with Gasteiger partial charge in [-0.3, -0.25) is 0 Å². The zero-order chi connectivity index (χ0) is 19.2. The zero-order valence-electron chi connectivity index (χ0n) is 13.7. The quantitative estimate of drug-likeness (QED) is 0.578. The van der Waals surface area contributed by atoms with Crippen molar-refractivity contribution in [3.63, 3.8) is 0 Å². The highest BCUT2D eigenvalue weighted by Crippen LogP contribution is 2.37. The summed E-state index contributed by atoms with van der Waals surface area (Å²) < 4.78 is 43.1. The molecule has 0 unspecified atom stereocenters. The molecule has 0 saturated carbocycles. The molecular formula is C17H16BrF3N2O2S. The normalized spacial score (nSPS) is 11.1. The molecule has 0 spiro atoms. The first-order chi connectivity index (χ1) is 12.3. The van der Waals surface area contributed by atoms with Crippen molar-refractivity contribution in [2.75, 3.05) is 19.0 Å². The fourth-order valence-corrected chi connectivity index (χ4v) is 3.32. The van der Waals surface area contributed by atoms with Gasteiger partial charge in [-0.1, -0.05) is 12.1 Å². The van der Waals surface area contributed by atoms with E-state index >= 15 is 0 Å². The number of rotatable bonds is 6. The lowest BCUT2D eigenvalue weighted by Crippen LogP contribution is -2.30. The Labute approximate surface area is 161 Å². The van der Waals surface area contributed by atoms with Crippen LogP contribution >= 0.6 is 27.7 Å². The SMILES string of the molecule is COc1ccc(CCNC(=O)Nc2cccc(SC(F)(F)F)c2)cc1Br. The minimum absolute atomic E-state index is 0.0124. The van der Waals surface area contributed by atoms with Crippen molar-refractivity contribution >= 4 is 39.4 Å². The van der Waals surface area contributed by atoms with E-state index in [2.05, 4.69) is 26.6 Å². The van der Waals surface area contributed by atoms with Crippen LogP contribution in [0.1, 0.15) is 5.56 Å². The first kappa shape index (κ1) is 20.4. The van der Waals surface area contributed by atoms with E-state index in [-0.39, 0.29) is 16.7 Å². The molecule has 4 nitrogen and oxygen atoms in total. The highest BCUT2D eigenvalue weighted by molar-refractivity contribution is 9.10. The van der Waals surface area contributed by atoms with E-state index in [4.69, 9.17) is 4.74 Å². The highest BCUT2D eigenvalue weighted by Gasteiger charge is 2.29. The molecule has 0 saturated heterocycles. The number of benzene rings is 2. The van der Waals surface area contributed by atoms with Crippen molar-refractivity contribution in [1.82, 2.24) is 5.32 Å². The van der Waals surface area contributed by atoms with Gasteiger partial charge in [-0.15, -0.1) is 0 Å². The summed E-state index contributed by atoms with van der Waals surface area (Å²) in [5.41, 5.74) is -3.07. The van der Waals surface area contributed by atoms with Gasteiger partial charge in [0.1, 0.15) is 5.75 Å². The van der Waals surface area contributed by atoms with Crippen LogP contribution in [0, 0.1) is 0 Å². The lowest BCUT2D eigenvalue weighted by Gasteiger charge is -2.10. The molecule has 9 heteroatoms. The summed E-state index contributed by atoms with van der Waals surface area (Å²) in [5, 5.41) is 5.19. The third-order valence-electron chi connectivity index (χ3n) is 3.24. The predicted molar refractivity (Wildman–Crippen MR) is 99.8 cm³/mol. The number of thioether (sulfide) groups is 1. The standard InChI is InChI=1S/C17H16BrF3N2O2S/c1-25-15-6-5-11(9-14(15)18)7-8-22-16(24)23-12-3-2-4-13(10-12)26-17(19,20)21/h2-6,9-10H,7-8H2,1H3,(H2,22,23,24). The molecule has 2 aromatic rings. The lowest BCUT2D eigenvalue weighted by molar-refractivity contribution is -0.0328. The molecule has 0 radical (unpaired) electrons. The molecule has 140 valence electrons. The minimum atomic E-state index is -4.37. The maximum Gasteiger partial charge on any atom is 0.446 e. The number of hydrogen-bond donors (Lipinski definition) is 2. The van der Waals surface area contributed by atoms with Gasteiger partial charge < -0.3 is 15.4 Å². The second kappa shape index (κ2) is 9.18. The number of carbonyl (C=O) groups excluding carboxylic acids is 1. The number of amides is 2. The minimum Gasteiger partial charge on any atom is -0.496 e. The number of halogens is 4. The van der Waals surface area contributed by atoms with Crippen LogP contribution in [0.15, 0.2) is 51.8 Å². The van der Waals surface area contributed by atoms with Gasteiger partial charge in [-0.05, 0) is 70.0 Å². The molecule has 2 N–H and O–H groups in total. The summed E-state index contributed by atoms with van der Waals surface area (Å²) >= 11 is 3.17. The maximum absolute atomic E-state index is 12.4. The molecule has 2 aromatic carbocycles. The van der Waals surface area contributed by atoms with E-state index in [9.17, 15) is 18.0 Å². The first-order valence-electron chi connectivity index (χ1n) is 7.50. The molecule has 26 heavy (non-hydrogen) atoms. The number of hydrogen-bond acceptors (Lipinski definition) is 3. The van der Waals surface area contributed by atoms with Crippen LogP contribution in [-0.2, 0) is 6.42 Å². The van der Waals surface area contributed by atoms with E-state index in [0.717, 1.165) is 15.8 Å². The van der Waals surface area contributed by atoms with Gasteiger partial charge in [-0.2, -0.15) is 13.2 Å². The van der Waals surface area contributed by atoms with E-state index in [1.54, 1.807) is 7.11 Å². The molecule has 0 bridgehead atoms. The average Bonchev–Trinajstić information content (AvgIpc) is 2.53. The van der Waals surface area contributed by atoms with Crippen LogP contribution in [0.5, 0.6) is 5.75 Å². The molecule has 2 rings (SSSR count). The molecular weight excluding hydrogens is 433 g/mol. The lowest BCUT2D eigenvalue weighted by atomic mass is 10.1. The second-order valence-electron chi connectivity index (χ2n) is 5.18. The average molecular weight is 449 g/mol. The van der Waals surface area contributed by atoms with Gasteiger partial charge in [0.05, 0.1) is 11.6 Å². The van der Waals surface area contributed by atoms with Crippen molar-refractivity contribution in [1.29, 1.82) is 0 Å². The van der Waals surface area contributed by atoms with Crippen LogP contribution in [0.25, 0.3) is 0 Å². The van der Waals surface area contributed by atoms with Crippen LogP contribution in [0.4, 0.5) is 23.7 Å². The Morgan fingerprint density at radius 2 is 2.00 bits per heavy atom. The monoisotopic (exact) mass is 448 g/mol. The van der Waals surface area contributed by atoms with E-state index < -0.39 is 11.5 Å². The summed E-state index contributed by atoms with van der Waals surface area (Å²) in [6, 6.07) is 10.7. The van der Waals surface area contributed by atoms with Crippen LogP contribution < -0.4 is 15.4 Å². The summed E-state index contributed by atoms with van der Waals surface area (Å²) in [6.07, 6.45) is 0.597. The van der Waals surface area contributed by atoms with Crippen molar-refractivity contribution in [3.05, 3.63) is 52.5 Å². The van der Waals surface area contributed by atoms with Gasteiger partial charge in [0, 0.05) is 17.1 Å². The van der Waals surface area contributed by atoms with E-state index in [1.165, 1.54) is 24.3 Å². The third-order valence-corrected chi connectivity index (χ3v) is 4.58. The number of ether oxygens (including phenoxy) is 1. The number of urea groups is 1. The van der Waals surface area contributed by atoms with Crippen LogP contribution in [-0.4, -0.2) is 25.2 Å². The molecule has 2 amide bonds. The van der Waals surface area contributed by atoms with E-state index in [0.29, 0.717) is 18.7 Å². The molecule has 0 aromatic heterocycles. The fraction of sp³-hybridized carbons (Fsp3) is 0.235. The first-order valence-corrected chi connectivity index (χ1v) is 9.11. The van der Waals surface area contributed by atoms with Gasteiger partial charge in [-0.25, -0.2) is 4.79 Å².